The zero-order valence-electron chi connectivity index (χ0n) is 10.4. The van der Waals surface area contributed by atoms with E-state index in [4.69, 9.17) is 0 Å². The van der Waals surface area contributed by atoms with Gasteiger partial charge in [-0.1, -0.05) is 13.8 Å². The molecule has 5 nitrogen and oxygen atoms in total. The molecule has 1 aliphatic rings. The van der Waals surface area contributed by atoms with Crippen LogP contribution in [0, 0.1) is 5.41 Å². The lowest BCUT2D eigenvalue weighted by Gasteiger charge is -2.28. The Bertz CT molecular complexity index is 289. The number of nitrogens with zero attached hydrogens (tertiary/aromatic N) is 1. The molecule has 1 unspecified atom stereocenters. The Kier molecular flexibility index (Phi) is 3.91. The number of likely N-dealkylation sites (N-methyl/N-ethyl adjacent to an activating group) is 1. The number of esters is 1. The van der Waals surface area contributed by atoms with Crippen LogP contribution in [0.25, 0.3) is 0 Å². The van der Waals surface area contributed by atoms with E-state index in [1.54, 1.807) is 0 Å². The van der Waals surface area contributed by atoms with Crippen molar-refractivity contribution >= 4 is 11.9 Å². The number of ether oxygens (including phenoxy) is 1. The topological polar surface area (TPSA) is 58.6 Å². The fraction of sp³-hybridized carbons (Fsp3) is 0.818. The zero-order chi connectivity index (χ0) is 12.3. The van der Waals surface area contributed by atoms with Gasteiger partial charge in [-0.05, 0) is 12.5 Å². The third-order valence-corrected chi connectivity index (χ3v) is 2.84. The van der Waals surface area contributed by atoms with E-state index in [1.165, 1.54) is 7.11 Å². The van der Waals surface area contributed by atoms with Crippen LogP contribution in [0.4, 0.5) is 0 Å². The predicted molar refractivity (Wildman–Crippen MR) is 59.8 cm³/mol. The van der Waals surface area contributed by atoms with Crippen LogP contribution in [0.1, 0.15) is 20.3 Å². The second-order valence-corrected chi connectivity index (χ2v) is 5.09. The van der Waals surface area contributed by atoms with Crippen LogP contribution in [0.5, 0.6) is 0 Å². The summed E-state index contributed by atoms with van der Waals surface area (Å²) in [5.41, 5.74) is 0.0231. The molecular weight excluding hydrogens is 208 g/mol. The van der Waals surface area contributed by atoms with Crippen molar-refractivity contribution in [2.24, 2.45) is 5.41 Å². The van der Waals surface area contributed by atoms with Crippen molar-refractivity contribution in [2.75, 3.05) is 27.2 Å². The Hall–Kier alpha value is -1.10. The van der Waals surface area contributed by atoms with Crippen molar-refractivity contribution in [2.45, 2.75) is 26.3 Å². The van der Waals surface area contributed by atoms with Gasteiger partial charge in [-0.25, -0.2) is 0 Å². The van der Waals surface area contributed by atoms with Gasteiger partial charge < -0.3 is 10.1 Å². The van der Waals surface area contributed by atoms with Crippen LogP contribution in [0.2, 0.25) is 0 Å². The summed E-state index contributed by atoms with van der Waals surface area (Å²) >= 11 is 0. The van der Waals surface area contributed by atoms with Crippen LogP contribution in [-0.4, -0.2) is 50.1 Å². The van der Waals surface area contributed by atoms with E-state index in [0.29, 0.717) is 6.54 Å². The molecule has 1 N–H and O–H groups in total. The molecule has 1 aliphatic heterocycles. The van der Waals surface area contributed by atoms with E-state index in [9.17, 15) is 9.59 Å². The largest absolute Gasteiger partial charge is 0.469 e. The van der Waals surface area contributed by atoms with E-state index in [2.05, 4.69) is 23.9 Å². The molecule has 16 heavy (non-hydrogen) atoms. The minimum Gasteiger partial charge on any atom is -0.469 e. The molecule has 0 bridgehead atoms. The molecule has 0 radical (unpaired) electrons. The maximum absolute atomic E-state index is 11.8. The van der Waals surface area contributed by atoms with Gasteiger partial charge in [-0.2, -0.15) is 0 Å². The molecule has 0 aliphatic carbocycles. The summed E-state index contributed by atoms with van der Waals surface area (Å²) < 4.78 is 4.60. The van der Waals surface area contributed by atoms with Gasteiger partial charge in [0.2, 0.25) is 5.91 Å². The molecule has 1 rings (SSSR count). The summed E-state index contributed by atoms with van der Waals surface area (Å²) in [5, 5.41) is 2.86. The first-order chi connectivity index (χ1) is 7.35. The van der Waals surface area contributed by atoms with Crippen LogP contribution in [-0.2, 0) is 14.3 Å². The first-order valence-corrected chi connectivity index (χ1v) is 5.40. The standard InChI is InChI=1S/C11H20N2O3/c1-11(2)6-12-10(15)8(13(3)7-11)5-9(14)16-4/h8H,5-7H2,1-4H3,(H,12,15). The molecule has 1 fully saturated rings. The number of methoxy groups -OCH3 is 1. The van der Waals surface area contributed by atoms with Crippen molar-refractivity contribution in [1.29, 1.82) is 0 Å². The smallest absolute Gasteiger partial charge is 0.307 e. The molecule has 1 amide bonds. The van der Waals surface area contributed by atoms with E-state index in [1.807, 2.05) is 11.9 Å². The average molecular weight is 228 g/mol. The van der Waals surface area contributed by atoms with Gasteiger partial charge in [0.15, 0.2) is 0 Å². The van der Waals surface area contributed by atoms with Gasteiger partial charge >= 0.3 is 5.97 Å². The SMILES string of the molecule is COC(=O)CC1C(=O)NCC(C)(C)CN1C. The van der Waals surface area contributed by atoms with Crippen LogP contribution >= 0.6 is 0 Å². The Morgan fingerprint density at radius 2 is 2.25 bits per heavy atom. The number of carbonyl (C=O) groups is 2. The van der Waals surface area contributed by atoms with Crippen molar-refractivity contribution in [3.8, 4) is 0 Å². The molecule has 0 saturated carbocycles. The average Bonchev–Trinajstić information content (AvgIpc) is 2.29. The van der Waals surface area contributed by atoms with Gasteiger partial charge in [-0.3, -0.25) is 14.5 Å². The molecule has 0 aromatic heterocycles. The minimum atomic E-state index is -0.422. The van der Waals surface area contributed by atoms with E-state index in [-0.39, 0.29) is 23.7 Å². The summed E-state index contributed by atoms with van der Waals surface area (Å²) in [5.74, 6) is -0.454. The van der Waals surface area contributed by atoms with E-state index >= 15 is 0 Å². The van der Waals surface area contributed by atoms with Crippen molar-refractivity contribution in [3.63, 3.8) is 0 Å². The summed E-state index contributed by atoms with van der Waals surface area (Å²) in [6.45, 7) is 5.58. The molecule has 0 aromatic rings. The Labute approximate surface area is 96.1 Å². The van der Waals surface area contributed by atoms with Crippen LogP contribution in [0.3, 0.4) is 0 Å². The molecule has 92 valence electrons. The lowest BCUT2D eigenvalue weighted by Crippen LogP contribution is -2.43. The monoisotopic (exact) mass is 228 g/mol. The Balaban J connectivity index is 2.74. The fourth-order valence-electron chi connectivity index (χ4n) is 1.98. The predicted octanol–water partition coefficient (Wildman–Crippen LogP) is 0.00590. The van der Waals surface area contributed by atoms with Gasteiger partial charge in [0.25, 0.3) is 0 Å². The van der Waals surface area contributed by atoms with E-state index in [0.717, 1.165) is 6.54 Å². The van der Waals surface area contributed by atoms with Gasteiger partial charge in [-0.15, -0.1) is 0 Å². The summed E-state index contributed by atoms with van der Waals surface area (Å²) in [7, 11) is 3.20. The molecule has 5 heteroatoms. The quantitative estimate of drug-likeness (QED) is 0.676. The number of amides is 1. The summed E-state index contributed by atoms with van der Waals surface area (Å²) in [4.78, 5) is 24.9. The summed E-state index contributed by atoms with van der Waals surface area (Å²) in [6.07, 6.45) is 0.106. The second kappa shape index (κ2) is 4.82. The fourth-order valence-corrected chi connectivity index (χ4v) is 1.98. The highest BCUT2D eigenvalue weighted by Crippen LogP contribution is 2.20. The molecule has 1 saturated heterocycles. The highest BCUT2D eigenvalue weighted by atomic mass is 16.5. The van der Waals surface area contributed by atoms with Gasteiger partial charge in [0.1, 0.15) is 0 Å². The Morgan fingerprint density at radius 3 is 2.81 bits per heavy atom. The third-order valence-electron chi connectivity index (χ3n) is 2.84. The molecule has 1 atom stereocenters. The van der Waals surface area contributed by atoms with Gasteiger partial charge in [0.05, 0.1) is 19.6 Å². The Morgan fingerprint density at radius 1 is 1.62 bits per heavy atom. The highest BCUT2D eigenvalue weighted by Gasteiger charge is 2.34. The third kappa shape index (κ3) is 3.20. The lowest BCUT2D eigenvalue weighted by molar-refractivity contribution is -0.144. The van der Waals surface area contributed by atoms with Crippen molar-refractivity contribution < 1.29 is 14.3 Å². The number of rotatable bonds is 2. The first-order valence-electron chi connectivity index (χ1n) is 5.40. The number of carbonyl (C=O) groups excluding carboxylic acids is 2. The van der Waals surface area contributed by atoms with Crippen LogP contribution in [0.15, 0.2) is 0 Å². The molecule has 1 heterocycles. The maximum Gasteiger partial charge on any atom is 0.307 e. The minimum absolute atomic E-state index is 0.0231. The molecule has 0 aromatic carbocycles. The second-order valence-electron chi connectivity index (χ2n) is 5.09. The van der Waals surface area contributed by atoms with Gasteiger partial charge in [0, 0.05) is 13.1 Å². The van der Waals surface area contributed by atoms with Crippen LogP contribution < -0.4 is 5.32 Å². The van der Waals surface area contributed by atoms with E-state index < -0.39 is 6.04 Å². The normalized spacial score (nSPS) is 25.8. The molecular formula is C11H20N2O3. The number of hydrogen-bond acceptors (Lipinski definition) is 4. The summed E-state index contributed by atoms with van der Waals surface area (Å²) in [6, 6.07) is -0.422. The zero-order valence-corrected chi connectivity index (χ0v) is 10.4. The first kappa shape index (κ1) is 13.0. The molecule has 0 spiro atoms. The van der Waals surface area contributed by atoms with Crippen molar-refractivity contribution in [1.82, 2.24) is 10.2 Å². The maximum atomic E-state index is 11.8. The number of nitrogens with one attached hydrogen (secondary N) is 1. The number of hydrogen-bond donors (Lipinski definition) is 1. The highest BCUT2D eigenvalue weighted by molar-refractivity contribution is 5.86. The lowest BCUT2D eigenvalue weighted by atomic mass is 9.93. The van der Waals surface area contributed by atoms with Crippen molar-refractivity contribution in [3.05, 3.63) is 0 Å².